The summed E-state index contributed by atoms with van der Waals surface area (Å²) in [4.78, 5) is 39.8. The normalized spacial score (nSPS) is 14.6. The number of carbonyl (C=O) groups excluding carboxylic acids is 2. The number of aliphatic carboxylic acids is 1. The molecule has 1 atom stereocenters. The van der Waals surface area contributed by atoms with Crippen LogP contribution in [0.3, 0.4) is 0 Å². The van der Waals surface area contributed by atoms with Crippen LogP contribution in [0.5, 0.6) is 0 Å². The molecule has 0 heterocycles. The van der Waals surface area contributed by atoms with Gasteiger partial charge >= 0.3 is 18.2 Å². The van der Waals surface area contributed by atoms with E-state index in [4.69, 9.17) is 9.84 Å². The summed E-state index contributed by atoms with van der Waals surface area (Å²) in [6.45, 7) is -0.855. The predicted octanol–water partition coefficient (Wildman–Crippen LogP) is 3.32. The van der Waals surface area contributed by atoms with Crippen LogP contribution in [0.2, 0.25) is 0 Å². The number of carboxylic acid groups (broad SMARTS) is 1. The van der Waals surface area contributed by atoms with Crippen molar-refractivity contribution in [2.75, 3.05) is 20.3 Å². The molecular formula is C22H21F3N2O6. The zero-order chi connectivity index (χ0) is 24.4. The molecule has 0 aromatic heterocycles. The average Bonchev–Trinajstić information content (AvgIpc) is 3.08. The number of amides is 2. The number of likely N-dealkylation sites (N-methyl/N-ethyl adjacent to an activating group) is 1. The lowest BCUT2D eigenvalue weighted by Gasteiger charge is -2.33. The van der Waals surface area contributed by atoms with Crippen molar-refractivity contribution in [3.63, 3.8) is 0 Å². The van der Waals surface area contributed by atoms with Crippen molar-refractivity contribution >= 4 is 18.0 Å². The number of benzene rings is 2. The van der Waals surface area contributed by atoms with Crippen LogP contribution in [0.4, 0.5) is 18.0 Å². The predicted molar refractivity (Wildman–Crippen MR) is 109 cm³/mol. The standard InChI is InChI=1S/C22H21F3N2O6/c1-21(22(23,24)25,19(30)27(2)33-12-18(28)29)26-20(31)32-11-17-15-9-5-3-7-13(15)14-8-4-6-10-16(14)17/h3-10,17H,11-12H2,1-2H3,(H,26,31)(H,28,29). The van der Waals surface area contributed by atoms with Crippen LogP contribution in [0.25, 0.3) is 11.1 Å². The topological polar surface area (TPSA) is 105 Å². The zero-order valence-electron chi connectivity index (χ0n) is 17.7. The Bertz CT molecular complexity index is 1030. The molecule has 8 nitrogen and oxygen atoms in total. The molecule has 0 spiro atoms. The number of nitrogens with one attached hydrogen (secondary N) is 1. The fraction of sp³-hybridized carbons (Fsp3) is 0.318. The number of hydroxylamine groups is 2. The highest BCUT2D eigenvalue weighted by atomic mass is 19.4. The number of halogens is 3. The van der Waals surface area contributed by atoms with Crippen molar-refractivity contribution in [3.8, 4) is 11.1 Å². The highest BCUT2D eigenvalue weighted by Crippen LogP contribution is 2.44. The number of carbonyl (C=O) groups is 3. The van der Waals surface area contributed by atoms with Gasteiger partial charge in [0.15, 0.2) is 6.61 Å². The summed E-state index contributed by atoms with van der Waals surface area (Å²) in [5.74, 6) is -3.60. The molecule has 0 saturated carbocycles. The van der Waals surface area contributed by atoms with E-state index in [0.717, 1.165) is 29.3 Å². The Kier molecular flexibility index (Phi) is 6.63. The molecule has 1 aliphatic carbocycles. The summed E-state index contributed by atoms with van der Waals surface area (Å²) < 4.78 is 46.3. The summed E-state index contributed by atoms with van der Waals surface area (Å²) in [5, 5.41) is 10.3. The van der Waals surface area contributed by atoms with Crippen LogP contribution >= 0.6 is 0 Å². The number of carboxylic acids is 1. The second-order valence-corrected chi connectivity index (χ2v) is 7.54. The van der Waals surface area contributed by atoms with Gasteiger partial charge in [0.1, 0.15) is 6.61 Å². The van der Waals surface area contributed by atoms with E-state index in [0.29, 0.717) is 6.92 Å². The Morgan fingerprint density at radius 2 is 1.55 bits per heavy atom. The molecule has 2 N–H and O–H groups in total. The number of hydrogen-bond donors (Lipinski definition) is 2. The number of alkyl carbamates (subject to hydrolysis) is 1. The van der Waals surface area contributed by atoms with E-state index < -0.39 is 42.2 Å². The molecule has 3 rings (SSSR count). The van der Waals surface area contributed by atoms with Gasteiger partial charge in [-0.3, -0.25) is 14.9 Å². The third-order valence-corrected chi connectivity index (χ3v) is 5.36. The van der Waals surface area contributed by atoms with Crippen molar-refractivity contribution in [1.29, 1.82) is 0 Å². The van der Waals surface area contributed by atoms with E-state index in [9.17, 15) is 27.6 Å². The second-order valence-electron chi connectivity index (χ2n) is 7.54. The SMILES string of the molecule is CN(OCC(=O)O)C(=O)C(C)(NC(=O)OCC1c2ccccc2-c2ccccc21)C(F)(F)F. The molecule has 0 aliphatic heterocycles. The maximum absolute atomic E-state index is 13.7. The molecule has 0 saturated heterocycles. The Labute approximate surface area is 186 Å². The zero-order valence-corrected chi connectivity index (χ0v) is 17.7. The molecule has 11 heteroatoms. The molecule has 1 unspecified atom stereocenters. The third kappa shape index (κ3) is 4.77. The highest BCUT2D eigenvalue weighted by Gasteiger charge is 2.59. The number of ether oxygens (including phenoxy) is 1. The largest absolute Gasteiger partial charge is 0.479 e. The van der Waals surface area contributed by atoms with Crippen LogP contribution in [-0.4, -0.2) is 60.1 Å². The quantitative estimate of drug-likeness (QED) is 0.607. The van der Waals surface area contributed by atoms with Gasteiger partial charge in [0, 0.05) is 13.0 Å². The maximum Gasteiger partial charge on any atom is 0.420 e. The highest BCUT2D eigenvalue weighted by molar-refractivity contribution is 5.90. The van der Waals surface area contributed by atoms with Crippen LogP contribution < -0.4 is 5.32 Å². The van der Waals surface area contributed by atoms with E-state index in [-0.39, 0.29) is 11.7 Å². The van der Waals surface area contributed by atoms with Gasteiger partial charge in [0.25, 0.3) is 5.91 Å². The van der Waals surface area contributed by atoms with Crippen molar-refractivity contribution < 1.29 is 42.2 Å². The van der Waals surface area contributed by atoms with E-state index in [2.05, 4.69) is 4.84 Å². The summed E-state index contributed by atoms with van der Waals surface area (Å²) >= 11 is 0. The van der Waals surface area contributed by atoms with Gasteiger partial charge in [-0.2, -0.15) is 13.2 Å². The van der Waals surface area contributed by atoms with Crippen molar-refractivity contribution in [1.82, 2.24) is 10.4 Å². The van der Waals surface area contributed by atoms with Crippen molar-refractivity contribution in [2.24, 2.45) is 0 Å². The fourth-order valence-electron chi connectivity index (χ4n) is 3.61. The summed E-state index contributed by atoms with van der Waals surface area (Å²) in [5.41, 5.74) is 0.193. The average molecular weight is 466 g/mol. The Morgan fingerprint density at radius 3 is 2.03 bits per heavy atom. The molecule has 0 bridgehead atoms. The minimum Gasteiger partial charge on any atom is -0.479 e. The van der Waals surface area contributed by atoms with Gasteiger partial charge in [0.2, 0.25) is 5.54 Å². The number of rotatable bonds is 7. The Morgan fingerprint density at radius 1 is 1.03 bits per heavy atom. The smallest absolute Gasteiger partial charge is 0.420 e. The lowest BCUT2D eigenvalue weighted by molar-refractivity contribution is -0.224. The first kappa shape index (κ1) is 24.1. The fourth-order valence-corrected chi connectivity index (χ4v) is 3.61. The van der Waals surface area contributed by atoms with E-state index in [1.807, 2.05) is 48.5 Å². The minimum absolute atomic E-state index is 0.116. The van der Waals surface area contributed by atoms with Gasteiger partial charge < -0.3 is 9.84 Å². The van der Waals surface area contributed by atoms with Crippen LogP contribution in [0, 0.1) is 0 Å². The first-order valence-electron chi connectivity index (χ1n) is 9.78. The molecule has 1 aliphatic rings. The molecule has 2 amide bonds. The molecule has 0 fully saturated rings. The summed E-state index contributed by atoms with van der Waals surface area (Å²) in [7, 11) is 0.814. The van der Waals surface area contributed by atoms with Crippen LogP contribution in [0.1, 0.15) is 24.0 Å². The maximum atomic E-state index is 13.7. The number of nitrogens with zero attached hydrogens (tertiary/aromatic N) is 1. The Hall–Kier alpha value is -3.60. The first-order chi connectivity index (χ1) is 15.5. The van der Waals surface area contributed by atoms with Gasteiger partial charge in [-0.05, 0) is 29.2 Å². The van der Waals surface area contributed by atoms with E-state index in [1.165, 1.54) is 0 Å². The monoisotopic (exact) mass is 466 g/mol. The second kappa shape index (κ2) is 9.10. The molecule has 2 aromatic carbocycles. The number of hydrogen-bond acceptors (Lipinski definition) is 5. The molecule has 0 radical (unpaired) electrons. The van der Waals surface area contributed by atoms with Gasteiger partial charge in [-0.15, -0.1) is 0 Å². The summed E-state index contributed by atoms with van der Waals surface area (Å²) in [6, 6.07) is 14.8. The van der Waals surface area contributed by atoms with Crippen molar-refractivity contribution in [3.05, 3.63) is 59.7 Å². The van der Waals surface area contributed by atoms with Crippen LogP contribution in [0.15, 0.2) is 48.5 Å². The van der Waals surface area contributed by atoms with Gasteiger partial charge in [0.05, 0.1) is 0 Å². The molecule has 176 valence electrons. The summed E-state index contributed by atoms with van der Waals surface area (Å²) in [6.07, 6.45) is -6.69. The van der Waals surface area contributed by atoms with Gasteiger partial charge in [-0.25, -0.2) is 14.7 Å². The van der Waals surface area contributed by atoms with E-state index in [1.54, 1.807) is 5.32 Å². The van der Waals surface area contributed by atoms with E-state index >= 15 is 0 Å². The lowest BCUT2D eigenvalue weighted by Crippen LogP contribution is -2.65. The third-order valence-electron chi connectivity index (χ3n) is 5.36. The molecule has 33 heavy (non-hydrogen) atoms. The molecule has 2 aromatic rings. The van der Waals surface area contributed by atoms with Gasteiger partial charge in [-0.1, -0.05) is 48.5 Å². The first-order valence-corrected chi connectivity index (χ1v) is 9.78. The minimum atomic E-state index is -5.23. The molecular weight excluding hydrogens is 445 g/mol. The number of fused-ring (bicyclic) bond motifs is 3. The number of alkyl halides is 3. The lowest BCUT2D eigenvalue weighted by atomic mass is 9.98. The van der Waals surface area contributed by atoms with Crippen molar-refractivity contribution in [2.45, 2.75) is 24.6 Å². The Balaban J connectivity index is 1.74. The van der Waals surface area contributed by atoms with Crippen LogP contribution in [-0.2, 0) is 19.2 Å².